The van der Waals surface area contributed by atoms with Gasteiger partial charge in [0.1, 0.15) is 0 Å². The van der Waals surface area contributed by atoms with Gasteiger partial charge in [-0.3, -0.25) is 4.79 Å². The van der Waals surface area contributed by atoms with Gasteiger partial charge >= 0.3 is 5.97 Å². The van der Waals surface area contributed by atoms with Crippen molar-refractivity contribution >= 4 is 11.9 Å². The molecule has 1 aliphatic rings. The number of hydrogen-bond donors (Lipinski definition) is 1. The Morgan fingerprint density at radius 1 is 0.893 bits per heavy atom. The molecule has 0 bridgehead atoms. The highest BCUT2D eigenvalue weighted by atomic mass is 16.4. The Balaban J connectivity index is 1.83. The van der Waals surface area contributed by atoms with Gasteiger partial charge in [0.2, 0.25) is 0 Å². The highest BCUT2D eigenvalue weighted by Gasteiger charge is 2.37. The number of rotatable bonds is 4. The van der Waals surface area contributed by atoms with Crippen molar-refractivity contribution in [1.82, 2.24) is 4.90 Å². The first kappa shape index (κ1) is 20.1. The fourth-order valence-electron chi connectivity index (χ4n) is 4.04. The summed E-state index contributed by atoms with van der Waals surface area (Å²) in [5.41, 5.74) is 4.66. The minimum atomic E-state index is -0.949. The van der Waals surface area contributed by atoms with E-state index in [0.29, 0.717) is 12.1 Å². The molecule has 4 heteroatoms. The molecule has 3 rings (SSSR count). The van der Waals surface area contributed by atoms with Gasteiger partial charge in [-0.2, -0.15) is 0 Å². The molecule has 1 N–H and O–H groups in total. The molecule has 1 amide bonds. The molecular weight excluding hydrogens is 350 g/mol. The monoisotopic (exact) mass is 379 g/mol. The maximum atomic E-state index is 13.0. The lowest BCUT2D eigenvalue weighted by Gasteiger charge is -2.42. The second kappa shape index (κ2) is 7.08. The van der Waals surface area contributed by atoms with E-state index in [9.17, 15) is 9.59 Å². The molecule has 0 saturated carbocycles. The fraction of sp³-hybridized carbons (Fsp3) is 0.417. The van der Waals surface area contributed by atoms with E-state index in [1.54, 1.807) is 36.2 Å². The van der Waals surface area contributed by atoms with Crippen LogP contribution in [0.3, 0.4) is 0 Å². The van der Waals surface area contributed by atoms with Crippen LogP contribution in [0.15, 0.2) is 42.5 Å². The largest absolute Gasteiger partial charge is 0.478 e. The third kappa shape index (κ3) is 3.82. The van der Waals surface area contributed by atoms with E-state index < -0.39 is 5.97 Å². The van der Waals surface area contributed by atoms with Gasteiger partial charge in [0, 0.05) is 19.2 Å². The minimum Gasteiger partial charge on any atom is -0.478 e. The summed E-state index contributed by atoms with van der Waals surface area (Å²) in [6.07, 6.45) is 2.25. The molecule has 28 heavy (non-hydrogen) atoms. The van der Waals surface area contributed by atoms with Crippen LogP contribution in [-0.4, -0.2) is 28.9 Å². The smallest absolute Gasteiger partial charge is 0.335 e. The van der Waals surface area contributed by atoms with Crippen LogP contribution < -0.4 is 0 Å². The zero-order chi connectivity index (χ0) is 20.7. The third-order valence-electron chi connectivity index (χ3n) is 6.07. The Morgan fingerprint density at radius 2 is 1.43 bits per heavy atom. The molecule has 0 aliphatic heterocycles. The number of carbonyl (C=O) groups excluding carboxylic acids is 1. The van der Waals surface area contributed by atoms with Gasteiger partial charge in [-0.25, -0.2) is 4.79 Å². The Labute approximate surface area is 167 Å². The molecular formula is C24H29NO3. The predicted octanol–water partition coefficient (Wildman–Crippen LogP) is 5.01. The Kier molecular flexibility index (Phi) is 5.09. The van der Waals surface area contributed by atoms with Gasteiger partial charge in [-0.05, 0) is 64.6 Å². The molecule has 0 unspecified atom stereocenters. The van der Waals surface area contributed by atoms with Gasteiger partial charge in [0.05, 0.1) is 5.56 Å². The molecule has 0 atom stereocenters. The van der Waals surface area contributed by atoms with Crippen LogP contribution in [0.4, 0.5) is 0 Å². The molecule has 0 radical (unpaired) electrons. The second-order valence-electron chi connectivity index (χ2n) is 9.19. The number of carbonyl (C=O) groups is 2. The summed E-state index contributed by atoms with van der Waals surface area (Å²) in [5, 5.41) is 9.01. The average Bonchev–Trinajstić information content (AvgIpc) is 2.65. The summed E-state index contributed by atoms with van der Waals surface area (Å²) >= 11 is 0. The Morgan fingerprint density at radius 3 is 2.00 bits per heavy atom. The average molecular weight is 380 g/mol. The van der Waals surface area contributed by atoms with Crippen molar-refractivity contribution in [2.24, 2.45) is 0 Å². The molecule has 1 aliphatic carbocycles. The first-order valence-electron chi connectivity index (χ1n) is 9.74. The zero-order valence-electron chi connectivity index (χ0n) is 17.4. The zero-order valence-corrected chi connectivity index (χ0v) is 17.4. The first-order chi connectivity index (χ1) is 13.0. The number of fused-ring (bicyclic) bond motifs is 1. The van der Waals surface area contributed by atoms with Crippen LogP contribution in [0.25, 0.3) is 0 Å². The summed E-state index contributed by atoms with van der Waals surface area (Å²) < 4.78 is 0. The molecule has 4 nitrogen and oxygen atoms in total. The van der Waals surface area contributed by atoms with E-state index in [1.807, 2.05) is 6.07 Å². The van der Waals surface area contributed by atoms with Crippen molar-refractivity contribution in [3.63, 3.8) is 0 Å². The molecule has 2 aromatic carbocycles. The molecule has 0 spiro atoms. The maximum absolute atomic E-state index is 13.0. The SMILES string of the molecule is CN(Cc1ccc(C(=O)O)cc1)C(=O)c1ccc2c(c1)C(C)(C)CCC2(C)C. The highest BCUT2D eigenvalue weighted by molar-refractivity contribution is 5.94. The molecule has 0 saturated heterocycles. The van der Waals surface area contributed by atoms with Gasteiger partial charge in [-0.15, -0.1) is 0 Å². The number of hydrogen-bond acceptors (Lipinski definition) is 2. The molecule has 0 fully saturated rings. The topological polar surface area (TPSA) is 57.6 Å². The van der Waals surface area contributed by atoms with E-state index in [2.05, 4.69) is 39.8 Å². The van der Waals surface area contributed by atoms with Crippen molar-refractivity contribution < 1.29 is 14.7 Å². The molecule has 2 aromatic rings. The Bertz CT molecular complexity index is 910. The highest BCUT2D eigenvalue weighted by Crippen LogP contribution is 2.45. The molecule has 0 aromatic heterocycles. The summed E-state index contributed by atoms with van der Waals surface area (Å²) in [4.78, 5) is 25.7. The van der Waals surface area contributed by atoms with E-state index in [-0.39, 0.29) is 22.3 Å². The van der Waals surface area contributed by atoms with Crippen LogP contribution >= 0.6 is 0 Å². The molecule has 0 heterocycles. The van der Waals surface area contributed by atoms with Crippen molar-refractivity contribution in [2.75, 3.05) is 7.05 Å². The summed E-state index contributed by atoms with van der Waals surface area (Å²) in [6, 6.07) is 12.8. The van der Waals surface area contributed by atoms with Crippen molar-refractivity contribution in [3.05, 3.63) is 70.3 Å². The van der Waals surface area contributed by atoms with Crippen molar-refractivity contribution in [1.29, 1.82) is 0 Å². The van der Waals surface area contributed by atoms with Crippen LogP contribution in [0.2, 0.25) is 0 Å². The predicted molar refractivity (Wildman–Crippen MR) is 111 cm³/mol. The second-order valence-corrected chi connectivity index (χ2v) is 9.19. The number of aromatic carboxylic acids is 1. The van der Waals surface area contributed by atoms with Gasteiger partial charge < -0.3 is 10.0 Å². The third-order valence-corrected chi connectivity index (χ3v) is 6.07. The van der Waals surface area contributed by atoms with Crippen LogP contribution in [0, 0.1) is 0 Å². The van der Waals surface area contributed by atoms with E-state index in [4.69, 9.17) is 5.11 Å². The number of benzene rings is 2. The summed E-state index contributed by atoms with van der Waals surface area (Å²) in [6.45, 7) is 9.49. The lowest BCUT2D eigenvalue weighted by atomic mass is 9.63. The number of carboxylic acid groups (broad SMARTS) is 1. The minimum absolute atomic E-state index is 0.0238. The Hall–Kier alpha value is -2.62. The van der Waals surface area contributed by atoms with Crippen LogP contribution in [0.1, 0.15) is 77.9 Å². The van der Waals surface area contributed by atoms with Crippen LogP contribution in [-0.2, 0) is 17.4 Å². The standard InChI is InChI=1S/C24H29NO3/c1-23(2)12-13-24(3,4)20-14-18(10-11-19(20)23)21(26)25(5)15-16-6-8-17(9-7-16)22(27)28/h6-11,14H,12-13,15H2,1-5H3,(H,27,28). The first-order valence-corrected chi connectivity index (χ1v) is 9.74. The van der Waals surface area contributed by atoms with Crippen molar-refractivity contribution in [2.45, 2.75) is 57.9 Å². The summed E-state index contributed by atoms with van der Waals surface area (Å²) in [7, 11) is 1.78. The number of carboxylic acids is 1. The van der Waals surface area contributed by atoms with Gasteiger partial charge in [0.15, 0.2) is 0 Å². The van der Waals surface area contributed by atoms with E-state index in [0.717, 1.165) is 18.4 Å². The van der Waals surface area contributed by atoms with Gasteiger partial charge in [0.25, 0.3) is 5.91 Å². The molecule has 148 valence electrons. The number of nitrogens with zero attached hydrogens (tertiary/aromatic N) is 1. The summed E-state index contributed by atoms with van der Waals surface area (Å²) in [5.74, 6) is -0.972. The van der Waals surface area contributed by atoms with E-state index in [1.165, 1.54) is 11.1 Å². The van der Waals surface area contributed by atoms with Crippen molar-refractivity contribution in [3.8, 4) is 0 Å². The maximum Gasteiger partial charge on any atom is 0.335 e. The number of amides is 1. The van der Waals surface area contributed by atoms with Crippen LogP contribution in [0.5, 0.6) is 0 Å². The van der Waals surface area contributed by atoms with Gasteiger partial charge in [-0.1, -0.05) is 45.9 Å². The fourth-order valence-corrected chi connectivity index (χ4v) is 4.04. The van der Waals surface area contributed by atoms with E-state index >= 15 is 0 Å². The lowest BCUT2D eigenvalue weighted by Crippen LogP contribution is -2.34. The lowest BCUT2D eigenvalue weighted by molar-refractivity contribution is 0.0695. The quantitative estimate of drug-likeness (QED) is 0.813. The normalized spacial score (nSPS) is 16.9.